The minimum atomic E-state index is 0. The Balaban J connectivity index is 0.00000529. The zero-order chi connectivity index (χ0) is 17.1. The third-order valence-corrected chi connectivity index (χ3v) is 3.31. The Labute approximate surface area is 163 Å². The van der Waals surface area contributed by atoms with Gasteiger partial charge in [-0.05, 0) is 43.9 Å². The summed E-state index contributed by atoms with van der Waals surface area (Å²) in [5.41, 5.74) is 1.09. The number of guanidine groups is 1. The molecule has 0 aliphatic carbocycles. The third kappa shape index (κ3) is 8.61. The molecule has 0 atom stereocenters. The van der Waals surface area contributed by atoms with Crippen LogP contribution in [0.15, 0.2) is 23.2 Å². The van der Waals surface area contributed by atoms with Crippen molar-refractivity contribution in [3.05, 3.63) is 23.8 Å². The normalized spacial score (nSPS) is 11.0. The standard InChI is InChI=1S/C18H31N3O2.HI/c1-6-19-18(20-11-10-14(3)4)21-13-15-8-9-16(23-7-2)17(12-15)22-5;/h8-9,12,14H,6-7,10-11,13H2,1-5H3,(H2,19,20,21);1H. The second-order valence-corrected chi connectivity index (χ2v) is 5.72. The Morgan fingerprint density at radius 1 is 1.17 bits per heavy atom. The molecule has 0 aliphatic rings. The highest BCUT2D eigenvalue weighted by atomic mass is 127. The van der Waals surface area contributed by atoms with Crippen molar-refractivity contribution in [1.82, 2.24) is 10.6 Å². The van der Waals surface area contributed by atoms with E-state index in [1.807, 2.05) is 25.1 Å². The van der Waals surface area contributed by atoms with Crippen molar-refractivity contribution in [3.8, 4) is 11.5 Å². The maximum Gasteiger partial charge on any atom is 0.191 e. The van der Waals surface area contributed by atoms with E-state index in [1.165, 1.54) is 0 Å². The molecule has 1 aromatic rings. The summed E-state index contributed by atoms with van der Waals surface area (Å²) in [4.78, 5) is 4.63. The molecule has 0 saturated heterocycles. The molecule has 0 bridgehead atoms. The molecule has 0 spiro atoms. The highest BCUT2D eigenvalue weighted by Crippen LogP contribution is 2.28. The van der Waals surface area contributed by atoms with Gasteiger partial charge in [0, 0.05) is 13.1 Å². The van der Waals surface area contributed by atoms with Gasteiger partial charge in [0.25, 0.3) is 0 Å². The van der Waals surface area contributed by atoms with Crippen LogP contribution in [0.1, 0.15) is 39.7 Å². The highest BCUT2D eigenvalue weighted by molar-refractivity contribution is 14.0. The van der Waals surface area contributed by atoms with Gasteiger partial charge in [0.2, 0.25) is 0 Å². The molecule has 1 rings (SSSR count). The van der Waals surface area contributed by atoms with Crippen molar-refractivity contribution in [2.75, 3.05) is 26.8 Å². The van der Waals surface area contributed by atoms with Crippen molar-refractivity contribution < 1.29 is 9.47 Å². The van der Waals surface area contributed by atoms with Crippen molar-refractivity contribution in [3.63, 3.8) is 0 Å². The number of rotatable bonds is 9. The SMILES string of the molecule is CCNC(=NCc1ccc(OCC)c(OC)c1)NCCC(C)C.I. The van der Waals surface area contributed by atoms with Crippen LogP contribution in [0.25, 0.3) is 0 Å². The maximum absolute atomic E-state index is 5.54. The minimum absolute atomic E-state index is 0. The molecule has 0 fully saturated rings. The van der Waals surface area contributed by atoms with Gasteiger partial charge in [-0.2, -0.15) is 0 Å². The molecule has 24 heavy (non-hydrogen) atoms. The Hall–Kier alpha value is -1.18. The number of aliphatic imine (C=N–C) groups is 1. The van der Waals surface area contributed by atoms with Crippen LogP contribution < -0.4 is 20.1 Å². The van der Waals surface area contributed by atoms with Crippen LogP contribution in [0.5, 0.6) is 11.5 Å². The highest BCUT2D eigenvalue weighted by Gasteiger charge is 2.05. The van der Waals surface area contributed by atoms with Gasteiger partial charge in [0.1, 0.15) is 0 Å². The molecule has 2 N–H and O–H groups in total. The van der Waals surface area contributed by atoms with Gasteiger partial charge in [-0.15, -0.1) is 24.0 Å². The zero-order valence-corrected chi connectivity index (χ0v) is 17.8. The van der Waals surface area contributed by atoms with E-state index in [0.717, 1.165) is 42.5 Å². The number of hydrogen-bond acceptors (Lipinski definition) is 3. The summed E-state index contributed by atoms with van der Waals surface area (Å²) < 4.78 is 10.9. The van der Waals surface area contributed by atoms with Crippen LogP contribution in [0.3, 0.4) is 0 Å². The summed E-state index contributed by atoms with van der Waals surface area (Å²) in [5, 5.41) is 6.64. The number of halogens is 1. The molecule has 6 heteroatoms. The van der Waals surface area contributed by atoms with Gasteiger partial charge in [-0.3, -0.25) is 0 Å². The fourth-order valence-electron chi connectivity index (χ4n) is 2.08. The van der Waals surface area contributed by atoms with E-state index in [0.29, 0.717) is 19.1 Å². The largest absolute Gasteiger partial charge is 0.493 e. The van der Waals surface area contributed by atoms with Crippen LogP contribution in [-0.2, 0) is 6.54 Å². The molecule has 0 aromatic heterocycles. The van der Waals surface area contributed by atoms with Gasteiger partial charge >= 0.3 is 0 Å². The second kappa shape index (κ2) is 13.1. The van der Waals surface area contributed by atoms with Crippen LogP contribution in [0, 0.1) is 5.92 Å². The predicted octanol–water partition coefficient (Wildman–Crippen LogP) is 3.81. The minimum Gasteiger partial charge on any atom is -0.493 e. The molecule has 0 unspecified atom stereocenters. The molecule has 138 valence electrons. The molecule has 0 heterocycles. The van der Waals surface area contributed by atoms with E-state index >= 15 is 0 Å². The Kier molecular flexibility index (Phi) is 12.5. The predicted molar refractivity (Wildman–Crippen MR) is 112 cm³/mol. The fourth-order valence-corrected chi connectivity index (χ4v) is 2.08. The van der Waals surface area contributed by atoms with E-state index in [2.05, 4.69) is 36.4 Å². The van der Waals surface area contributed by atoms with E-state index in [-0.39, 0.29) is 24.0 Å². The molecular weight excluding hydrogens is 417 g/mol. The Bertz CT molecular complexity index is 493. The van der Waals surface area contributed by atoms with Crippen molar-refractivity contribution in [1.29, 1.82) is 0 Å². The first-order valence-corrected chi connectivity index (χ1v) is 8.42. The fraction of sp³-hybridized carbons (Fsp3) is 0.611. The smallest absolute Gasteiger partial charge is 0.191 e. The van der Waals surface area contributed by atoms with E-state index in [4.69, 9.17) is 9.47 Å². The van der Waals surface area contributed by atoms with Crippen molar-refractivity contribution >= 4 is 29.9 Å². The lowest BCUT2D eigenvalue weighted by Gasteiger charge is -2.13. The van der Waals surface area contributed by atoms with Crippen LogP contribution in [0.4, 0.5) is 0 Å². The summed E-state index contributed by atoms with van der Waals surface area (Å²) in [6, 6.07) is 5.94. The van der Waals surface area contributed by atoms with Crippen molar-refractivity contribution in [2.24, 2.45) is 10.9 Å². The summed E-state index contributed by atoms with van der Waals surface area (Å²) in [7, 11) is 1.66. The molecule has 0 radical (unpaired) electrons. The van der Waals surface area contributed by atoms with Gasteiger partial charge in [-0.1, -0.05) is 19.9 Å². The maximum atomic E-state index is 5.54. The number of nitrogens with zero attached hydrogens (tertiary/aromatic N) is 1. The number of hydrogen-bond donors (Lipinski definition) is 2. The first-order chi connectivity index (χ1) is 11.1. The van der Waals surface area contributed by atoms with Gasteiger partial charge in [0.15, 0.2) is 17.5 Å². The molecule has 0 saturated carbocycles. The lowest BCUT2D eigenvalue weighted by molar-refractivity contribution is 0.310. The molecule has 5 nitrogen and oxygen atoms in total. The van der Waals surface area contributed by atoms with Gasteiger partial charge in [0.05, 0.1) is 20.3 Å². The average Bonchev–Trinajstić information content (AvgIpc) is 2.53. The van der Waals surface area contributed by atoms with Crippen LogP contribution in [0.2, 0.25) is 0 Å². The topological polar surface area (TPSA) is 54.9 Å². The van der Waals surface area contributed by atoms with E-state index in [1.54, 1.807) is 7.11 Å². The van der Waals surface area contributed by atoms with Crippen molar-refractivity contribution in [2.45, 2.75) is 40.7 Å². The first-order valence-electron chi connectivity index (χ1n) is 8.42. The number of nitrogens with one attached hydrogen (secondary N) is 2. The Morgan fingerprint density at radius 3 is 2.50 bits per heavy atom. The average molecular weight is 449 g/mol. The number of methoxy groups -OCH3 is 1. The summed E-state index contributed by atoms with van der Waals surface area (Å²) in [5.74, 6) is 3.05. The summed E-state index contributed by atoms with van der Waals surface area (Å²) in [6.45, 7) is 11.5. The molecule has 0 aliphatic heterocycles. The second-order valence-electron chi connectivity index (χ2n) is 5.72. The molecule has 0 amide bonds. The lowest BCUT2D eigenvalue weighted by Crippen LogP contribution is -2.38. The third-order valence-electron chi connectivity index (χ3n) is 3.31. The first kappa shape index (κ1) is 22.8. The summed E-state index contributed by atoms with van der Waals surface area (Å²) >= 11 is 0. The Morgan fingerprint density at radius 2 is 1.92 bits per heavy atom. The monoisotopic (exact) mass is 449 g/mol. The van der Waals surface area contributed by atoms with E-state index < -0.39 is 0 Å². The number of benzene rings is 1. The zero-order valence-electron chi connectivity index (χ0n) is 15.5. The van der Waals surface area contributed by atoms with Gasteiger partial charge in [-0.25, -0.2) is 4.99 Å². The van der Waals surface area contributed by atoms with Crippen LogP contribution in [-0.4, -0.2) is 32.8 Å². The van der Waals surface area contributed by atoms with Gasteiger partial charge < -0.3 is 20.1 Å². The van der Waals surface area contributed by atoms with E-state index in [9.17, 15) is 0 Å². The number of ether oxygens (including phenoxy) is 2. The lowest BCUT2D eigenvalue weighted by atomic mass is 10.1. The molecular formula is C18H32IN3O2. The summed E-state index contributed by atoms with van der Waals surface area (Å²) in [6.07, 6.45) is 1.13. The molecule has 1 aromatic carbocycles. The van der Waals surface area contributed by atoms with Crippen LogP contribution >= 0.6 is 24.0 Å². The quantitative estimate of drug-likeness (QED) is 0.342.